The highest BCUT2D eigenvalue weighted by molar-refractivity contribution is 5.75. The summed E-state index contributed by atoms with van der Waals surface area (Å²) in [6.45, 7) is 10.6. The molecule has 3 aliphatic heterocycles. The van der Waals surface area contributed by atoms with Gasteiger partial charge >= 0.3 is 6.03 Å². The second-order valence-electron chi connectivity index (χ2n) is 7.12. The Labute approximate surface area is 142 Å². The van der Waals surface area contributed by atoms with Crippen LogP contribution in [0.4, 0.5) is 10.6 Å². The number of aromatic nitrogens is 2. The van der Waals surface area contributed by atoms with Crippen LogP contribution in [0.1, 0.15) is 11.3 Å². The largest absolute Gasteiger partial charge is 0.378 e. The van der Waals surface area contributed by atoms with Gasteiger partial charge in [0, 0.05) is 62.4 Å². The number of anilines is 1. The molecule has 2 atom stereocenters. The molecule has 2 amide bonds. The van der Waals surface area contributed by atoms with Crippen LogP contribution in [-0.4, -0.2) is 78.3 Å². The maximum Gasteiger partial charge on any atom is 0.320 e. The molecule has 1 aromatic rings. The van der Waals surface area contributed by atoms with Gasteiger partial charge in [-0.25, -0.2) is 14.8 Å². The fourth-order valence-corrected chi connectivity index (χ4v) is 4.12. The molecular weight excluding hydrogens is 306 g/mol. The summed E-state index contributed by atoms with van der Waals surface area (Å²) in [4.78, 5) is 27.7. The first-order valence-electron chi connectivity index (χ1n) is 8.78. The number of morpholine rings is 1. The van der Waals surface area contributed by atoms with Crippen molar-refractivity contribution in [3.63, 3.8) is 0 Å². The van der Waals surface area contributed by atoms with E-state index in [9.17, 15) is 4.79 Å². The lowest BCUT2D eigenvalue weighted by Gasteiger charge is -2.32. The second-order valence-corrected chi connectivity index (χ2v) is 7.12. The molecule has 0 bridgehead atoms. The van der Waals surface area contributed by atoms with Crippen molar-refractivity contribution in [2.24, 2.45) is 11.8 Å². The third-order valence-corrected chi connectivity index (χ3v) is 5.65. The summed E-state index contributed by atoms with van der Waals surface area (Å²) in [5.74, 6) is 2.15. The monoisotopic (exact) mass is 331 g/mol. The number of amides is 2. The summed E-state index contributed by atoms with van der Waals surface area (Å²) < 4.78 is 5.34. The highest BCUT2D eigenvalue weighted by atomic mass is 16.5. The number of hydrogen-bond donors (Lipinski definition) is 0. The molecule has 0 radical (unpaired) electrons. The maximum atomic E-state index is 12.6. The number of likely N-dealkylation sites (tertiary alicyclic amines) is 1. The van der Waals surface area contributed by atoms with Gasteiger partial charge in [-0.05, 0) is 13.8 Å². The smallest absolute Gasteiger partial charge is 0.320 e. The van der Waals surface area contributed by atoms with Gasteiger partial charge in [-0.3, -0.25) is 0 Å². The molecule has 3 saturated heterocycles. The Morgan fingerprint density at radius 1 is 1.04 bits per heavy atom. The average Bonchev–Trinajstić information content (AvgIpc) is 3.16. The van der Waals surface area contributed by atoms with Gasteiger partial charge in [-0.2, -0.15) is 0 Å². The predicted octanol–water partition coefficient (Wildman–Crippen LogP) is 0.914. The molecule has 3 fully saturated rings. The molecule has 3 aliphatic rings. The van der Waals surface area contributed by atoms with Gasteiger partial charge < -0.3 is 19.4 Å². The average molecular weight is 331 g/mol. The standard InChI is InChI=1S/C17H25N5O2/c1-12-13(2)18-11-19-16(12)21-7-14-9-22(10-15(14)8-21)17(23)20-3-5-24-6-4-20/h11,14-15H,3-10H2,1-2H3. The van der Waals surface area contributed by atoms with E-state index in [1.165, 1.54) is 5.56 Å². The van der Waals surface area contributed by atoms with E-state index in [4.69, 9.17) is 4.74 Å². The van der Waals surface area contributed by atoms with E-state index in [-0.39, 0.29) is 6.03 Å². The summed E-state index contributed by atoms with van der Waals surface area (Å²) in [5.41, 5.74) is 2.21. The van der Waals surface area contributed by atoms with Crippen LogP contribution in [0, 0.1) is 25.7 Å². The highest BCUT2D eigenvalue weighted by Crippen LogP contribution is 2.34. The molecular formula is C17H25N5O2. The van der Waals surface area contributed by atoms with E-state index < -0.39 is 0 Å². The molecule has 0 aliphatic carbocycles. The Bertz CT molecular complexity index is 617. The van der Waals surface area contributed by atoms with Crippen LogP contribution in [0.25, 0.3) is 0 Å². The third kappa shape index (κ3) is 2.70. The number of rotatable bonds is 1. The number of hydrogen-bond acceptors (Lipinski definition) is 5. The van der Waals surface area contributed by atoms with E-state index >= 15 is 0 Å². The van der Waals surface area contributed by atoms with Crippen LogP contribution >= 0.6 is 0 Å². The number of carbonyl (C=O) groups is 1. The number of aryl methyl sites for hydroxylation is 1. The molecule has 4 rings (SSSR count). The molecule has 1 aromatic heterocycles. The second kappa shape index (κ2) is 6.20. The Morgan fingerprint density at radius 2 is 1.71 bits per heavy atom. The predicted molar refractivity (Wildman–Crippen MR) is 90.1 cm³/mol. The van der Waals surface area contributed by atoms with Crippen LogP contribution in [0.2, 0.25) is 0 Å². The first kappa shape index (κ1) is 15.6. The molecule has 0 N–H and O–H groups in total. The van der Waals surface area contributed by atoms with Crippen LogP contribution in [0.3, 0.4) is 0 Å². The van der Waals surface area contributed by atoms with Crippen LogP contribution in [-0.2, 0) is 4.74 Å². The lowest BCUT2D eigenvalue weighted by molar-refractivity contribution is 0.0447. The van der Waals surface area contributed by atoms with Gasteiger partial charge in [0.2, 0.25) is 0 Å². The van der Waals surface area contributed by atoms with E-state index in [1.54, 1.807) is 6.33 Å². The topological polar surface area (TPSA) is 61.8 Å². The maximum absolute atomic E-state index is 12.6. The van der Waals surface area contributed by atoms with Crippen LogP contribution in [0.5, 0.6) is 0 Å². The Hall–Kier alpha value is -1.89. The SMILES string of the molecule is Cc1ncnc(N2CC3CN(C(=O)N4CCOCC4)CC3C2)c1C. The van der Waals surface area contributed by atoms with E-state index in [2.05, 4.69) is 21.8 Å². The van der Waals surface area contributed by atoms with Crippen molar-refractivity contribution in [3.05, 3.63) is 17.6 Å². The number of fused-ring (bicyclic) bond motifs is 1. The lowest BCUT2D eigenvalue weighted by Crippen LogP contribution is -2.48. The number of nitrogens with zero attached hydrogens (tertiary/aromatic N) is 5. The summed E-state index contributed by atoms with van der Waals surface area (Å²) in [6.07, 6.45) is 1.65. The summed E-state index contributed by atoms with van der Waals surface area (Å²) in [7, 11) is 0. The van der Waals surface area contributed by atoms with E-state index in [1.807, 2.05) is 16.7 Å². The Morgan fingerprint density at radius 3 is 2.38 bits per heavy atom. The van der Waals surface area contributed by atoms with Gasteiger partial charge in [0.1, 0.15) is 12.1 Å². The first-order valence-corrected chi connectivity index (χ1v) is 8.78. The van der Waals surface area contributed by atoms with Crippen molar-refractivity contribution < 1.29 is 9.53 Å². The van der Waals surface area contributed by atoms with E-state index in [0.29, 0.717) is 25.0 Å². The highest BCUT2D eigenvalue weighted by Gasteiger charge is 2.43. The van der Waals surface area contributed by atoms with Crippen LogP contribution in [0.15, 0.2) is 6.33 Å². The lowest BCUT2D eigenvalue weighted by atomic mass is 10.0. The summed E-state index contributed by atoms with van der Waals surface area (Å²) in [5, 5.41) is 0. The van der Waals surface area contributed by atoms with Crippen molar-refractivity contribution in [3.8, 4) is 0 Å². The minimum Gasteiger partial charge on any atom is -0.378 e. The van der Waals surface area contributed by atoms with E-state index in [0.717, 1.165) is 50.8 Å². The van der Waals surface area contributed by atoms with Crippen molar-refractivity contribution in [2.45, 2.75) is 13.8 Å². The number of ether oxygens (including phenoxy) is 1. The van der Waals surface area contributed by atoms with Crippen LogP contribution < -0.4 is 4.90 Å². The zero-order valence-corrected chi connectivity index (χ0v) is 14.4. The third-order valence-electron chi connectivity index (χ3n) is 5.65. The van der Waals surface area contributed by atoms with Gasteiger partial charge in [-0.15, -0.1) is 0 Å². The Kier molecular flexibility index (Phi) is 4.04. The molecule has 7 heteroatoms. The molecule has 4 heterocycles. The van der Waals surface area contributed by atoms with Crippen molar-refractivity contribution >= 4 is 11.8 Å². The zero-order chi connectivity index (χ0) is 16.7. The van der Waals surface area contributed by atoms with Crippen molar-refractivity contribution in [1.29, 1.82) is 0 Å². The van der Waals surface area contributed by atoms with Crippen molar-refractivity contribution in [2.75, 3.05) is 57.4 Å². The van der Waals surface area contributed by atoms with Crippen molar-refractivity contribution in [1.82, 2.24) is 19.8 Å². The number of carbonyl (C=O) groups excluding carboxylic acids is 1. The van der Waals surface area contributed by atoms with Gasteiger partial charge in [0.15, 0.2) is 0 Å². The molecule has 0 aromatic carbocycles. The normalized spacial score (nSPS) is 26.8. The fraction of sp³-hybridized carbons (Fsp3) is 0.706. The van der Waals surface area contributed by atoms with Gasteiger partial charge in [-0.1, -0.05) is 0 Å². The van der Waals surface area contributed by atoms with Gasteiger partial charge in [0.25, 0.3) is 0 Å². The first-order chi connectivity index (χ1) is 11.6. The molecule has 7 nitrogen and oxygen atoms in total. The quantitative estimate of drug-likeness (QED) is 0.766. The molecule has 130 valence electrons. The minimum atomic E-state index is 0.188. The Balaban J connectivity index is 1.40. The number of urea groups is 1. The molecule has 2 unspecified atom stereocenters. The fourth-order valence-electron chi connectivity index (χ4n) is 4.12. The summed E-state index contributed by atoms with van der Waals surface area (Å²) in [6, 6.07) is 0.188. The minimum absolute atomic E-state index is 0.188. The van der Waals surface area contributed by atoms with Gasteiger partial charge in [0.05, 0.1) is 13.2 Å². The zero-order valence-electron chi connectivity index (χ0n) is 14.4. The molecule has 0 saturated carbocycles. The molecule has 0 spiro atoms. The summed E-state index contributed by atoms with van der Waals surface area (Å²) >= 11 is 0. The molecule has 24 heavy (non-hydrogen) atoms.